The summed E-state index contributed by atoms with van der Waals surface area (Å²) in [6.45, 7) is 2.74. The largest absolute Gasteiger partial charge is 0.481 e. The first-order valence-corrected chi connectivity index (χ1v) is 8.14. The van der Waals surface area contributed by atoms with E-state index in [4.69, 9.17) is 0 Å². The summed E-state index contributed by atoms with van der Waals surface area (Å²) in [5.41, 5.74) is 0.690. The van der Waals surface area contributed by atoms with Gasteiger partial charge in [-0.2, -0.15) is 0 Å². The molecule has 25 heavy (non-hydrogen) atoms. The maximum atomic E-state index is 12.7. The molecule has 2 atom stereocenters. The molecule has 7 heteroatoms. The van der Waals surface area contributed by atoms with Gasteiger partial charge in [-0.25, -0.2) is 0 Å². The summed E-state index contributed by atoms with van der Waals surface area (Å²) in [7, 11) is 0. The Bertz CT molecular complexity index is 847. The number of amides is 1. The average Bonchev–Trinajstić information content (AvgIpc) is 3.07. The van der Waals surface area contributed by atoms with Gasteiger partial charge in [0.05, 0.1) is 5.92 Å². The third-order valence-corrected chi connectivity index (χ3v) is 4.58. The predicted molar refractivity (Wildman–Crippen MR) is 90.4 cm³/mol. The first kappa shape index (κ1) is 16.9. The molecule has 1 fully saturated rings. The van der Waals surface area contributed by atoms with Gasteiger partial charge in [0.1, 0.15) is 0 Å². The lowest BCUT2D eigenvalue weighted by Crippen LogP contribution is -2.31. The highest BCUT2D eigenvalue weighted by Gasteiger charge is 2.41. The third kappa shape index (κ3) is 3.31. The monoisotopic (exact) mass is 341 g/mol. The molecule has 7 nitrogen and oxygen atoms in total. The van der Waals surface area contributed by atoms with Crippen molar-refractivity contribution in [1.29, 1.82) is 0 Å². The molecule has 0 bridgehead atoms. The smallest absolute Gasteiger partial charge is 0.309 e. The van der Waals surface area contributed by atoms with Crippen LogP contribution in [0.1, 0.15) is 28.9 Å². The summed E-state index contributed by atoms with van der Waals surface area (Å²) in [5, 5.41) is 9.51. The number of carboxylic acids is 1. The minimum atomic E-state index is -0.952. The fourth-order valence-electron chi connectivity index (χ4n) is 3.20. The average molecular weight is 341 g/mol. The van der Waals surface area contributed by atoms with Gasteiger partial charge in [-0.05, 0) is 25.1 Å². The fraction of sp³-hybridized carbons (Fsp3) is 0.333. The molecule has 0 saturated carbocycles. The summed E-state index contributed by atoms with van der Waals surface area (Å²) in [6, 6.07) is 8.24. The molecule has 2 aromatic heterocycles. The van der Waals surface area contributed by atoms with Crippen molar-refractivity contribution in [3.63, 3.8) is 0 Å². The van der Waals surface area contributed by atoms with Crippen molar-refractivity contribution in [1.82, 2.24) is 14.5 Å². The third-order valence-electron chi connectivity index (χ3n) is 4.58. The Balaban J connectivity index is 1.86. The molecule has 3 heterocycles. The van der Waals surface area contributed by atoms with E-state index in [1.807, 2.05) is 6.92 Å². The number of aromatic nitrogens is 2. The van der Waals surface area contributed by atoms with Crippen LogP contribution in [0.5, 0.6) is 0 Å². The van der Waals surface area contributed by atoms with Gasteiger partial charge in [0.2, 0.25) is 0 Å². The van der Waals surface area contributed by atoms with E-state index >= 15 is 0 Å². The van der Waals surface area contributed by atoms with E-state index < -0.39 is 11.9 Å². The molecular formula is C18H19N3O4. The van der Waals surface area contributed by atoms with Crippen LogP contribution >= 0.6 is 0 Å². The van der Waals surface area contributed by atoms with Crippen molar-refractivity contribution in [2.45, 2.75) is 19.4 Å². The molecule has 0 spiro atoms. The molecular weight excluding hydrogens is 322 g/mol. The summed E-state index contributed by atoms with van der Waals surface area (Å²) in [4.78, 5) is 42.0. The van der Waals surface area contributed by atoms with Crippen molar-refractivity contribution in [3.8, 4) is 0 Å². The number of likely N-dealkylation sites (tertiary alicyclic amines) is 1. The highest BCUT2D eigenvalue weighted by Crippen LogP contribution is 2.32. The number of hydrogen-bond acceptors (Lipinski definition) is 4. The maximum absolute atomic E-state index is 12.7. The van der Waals surface area contributed by atoms with Crippen molar-refractivity contribution in [3.05, 3.63) is 64.3 Å². The number of rotatable bonds is 4. The minimum absolute atomic E-state index is 0.103. The summed E-state index contributed by atoms with van der Waals surface area (Å²) < 4.78 is 1.50. The Morgan fingerprint density at radius 1 is 1.28 bits per heavy atom. The van der Waals surface area contributed by atoms with Gasteiger partial charge in [0.15, 0.2) is 0 Å². The van der Waals surface area contributed by atoms with Crippen LogP contribution in [0, 0.1) is 5.92 Å². The zero-order valence-electron chi connectivity index (χ0n) is 13.8. The van der Waals surface area contributed by atoms with Crippen molar-refractivity contribution in [2.24, 2.45) is 5.92 Å². The SMILES string of the molecule is CCn1ccc(C(=O)N2C[C@H](C(=O)O)[C@@H](c3ccccn3)C2)cc1=O. The summed E-state index contributed by atoms with van der Waals surface area (Å²) in [5.74, 6) is -2.36. The van der Waals surface area contributed by atoms with Gasteiger partial charge in [-0.15, -0.1) is 0 Å². The number of pyridine rings is 2. The van der Waals surface area contributed by atoms with Gasteiger partial charge in [0, 0.05) is 55.3 Å². The van der Waals surface area contributed by atoms with E-state index in [9.17, 15) is 19.5 Å². The topological polar surface area (TPSA) is 92.5 Å². The highest BCUT2D eigenvalue weighted by molar-refractivity contribution is 5.94. The minimum Gasteiger partial charge on any atom is -0.481 e. The Labute approximate surface area is 144 Å². The number of carboxylic acid groups (broad SMARTS) is 1. The van der Waals surface area contributed by atoms with Gasteiger partial charge in [-0.1, -0.05) is 6.07 Å². The second-order valence-corrected chi connectivity index (χ2v) is 6.06. The molecule has 1 saturated heterocycles. The van der Waals surface area contributed by atoms with Crippen molar-refractivity contribution >= 4 is 11.9 Å². The molecule has 3 rings (SSSR count). The van der Waals surface area contributed by atoms with Crippen LogP contribution < -0.4 is 5.56 Å². The molecule has 0 radical (unpaired) electrons. The van der Waals surface area contributed by atoms with Crippen molar-refractivity contribution < 1.29 is 14.7 Å². The van der Waals surface area contributed by atoms with Crippen molar-refractivity contribution in [2.75, 3.05) is 13.1 Å². The molecule has 2 aromatic rings. The van der Waals surface area contributed by atoms with Gasteiger partial charge < -0.3 is 14.6 Å². The second-order valence-electron chi connectivity index (χ2n) is 6.06. The van der Waals surface area contributed by atoms with Crippen LogP contribution in [-0.4, -0.2) is 44.5 Å². The van der Waals surface area contributed by atoms with Gasteiger partial charge in [-0.3, -0.25) is 19.4 Å². The lowest BCUT2D eigenvalue weighted by molar-refractivity contribution is -0.141. The molecule has 1 aliphatic rings. The highest BCUT2D eigenvalue weighted by atomic mass is 16.4. The second kappa shape index (κ2) is 6.88. The number of aliphatic carboxylic acids is 1. The fourth-order valence-corrected chi connectivity index (χ4v) is 3.20. The van der Waals surface area contributed by atoms with Crippen LogP contribution in [-0.2, 0) is 11.3 Å². The van der Waals surface area contributed by atoms with Gasteiger partial charge >= 0.3 is 5.97 Å². The Morgan fingerprint density at radius 2 is 2.08 bits per heavy atom. The Morgan fingerprint density at radius 3 is 2.68 bits per heavy atom. The van der Waals surface area contributed by atoms with E-state index in [2.05, 4.69) is 4.98 Å². The van der Waals surface area contributed by atoms with Crippen LogP contribution in [0.2, 0.25) is 0 Å². The summed E-state index contributed by atoms with van der Waals surface area (Å²) >= 11 is 0. The predicted octanol–water partition coefficient (Wildman–Crippen LogP) is 1.20. The van der Waals surface area contributed by atoms with Crippen LogP contribution in [0.25, 0.3) is 0 Å². The van der Waals surface area contributed by atoms with E-state index in [1.165, 1.54) is 15.5 Å². The number of aryl methyl sites for hydroxylation is 1. The first-order valence-electron chi connectivity index (χ1n) is 8.14. The molecule has 0 aromatic carbocycles. The lowest BCUT2D eigenvalue weighted by Gasteiger charge is -2.16. The standard InChI is InChI=1S/C18H19N3O4/c1-2-20-8-6-12(9-16(20)22)17(23)21-10-13(14(11-21)18(24)25)15-5-3-4-7-19-15/h3-9,13-14H,2,10-11H2,1H3,(H,24,25)/t13-,14-/m0/s1. The van der Waals surface area contributed by atoms with Crippen LogP contribution in [0.4, 0.5) is 0 Å². The summed E-state index contributed by atoms with van der Waals surface area (Å²) in [6.07, 6.45) is 3.19. The van der Waals surface area contributed by atoms with E-state index in [1.54, 1.807) is 36.7 Å². The molecule has 1 N–H and O–H groups in total. The quantitative estimate of drug-likeness (QED) is 0.902. The number of hydrogen-bond donors (Lipinski definition) is 1. The van der Waals surface area contributed by atoms with Crippen LogP contribution in [0.15, 0.2) is 47.5 Å². The maximum Gasteiger partial charge on any atom is 0.309 e. The van der Waals surface area contributed by atoms with E-state index in [-0.39, 0.29) is 36.0 Å². The Hall–Kier alpha value is -2.96. The molecule has 1 amide bonds. The number of carbonyl (C=O) groups excluding carboxylic acids is 1. The normalized spacial score (nSPS) is 19.8. The van der Waals surface area contributed by atoms with E-state index in [0.717, 1.165) is 0 Å². The molecule has 0 aliphatic carbocycles. The number of nitrogens with zero attached hydrogens (tertiary/aromatic N) is 3. The first-order chi connectivity index (χ1) is 12.0. The molecule has 1 aliphatic heterocycles. The van der Waals surface area contributed by atoms with E-state index in [0.29, 0.717) is 12.2 Å². The molecule has 130 valence electrons. The van der Waals surface area contributed by atoms with Gasteiger partial charge in [0.25, 0.3) is 11.5 Å². The zero-order chi connectivity index (χ0) is 18.0. The Kier molecular flexibility index (Phi) is 4.65. The molecule has 0 unspecified atom stereocenters. The van der Waals surface area contributed by atoms with Crippen LogP contribution in [0.3, 0.4) is 0 Å². The number of carbonyl (C=O) groups is 2. The lowest BCUT2D eigenvalue weighted by atomic mass is 9.93. The zero-order valence-corrected chi connectivity index (χ0v) is 13.8.